The maximum Gasteiger partial charge on any atom is 0.161 e. The highest BCUT2D eigenvalue weighted by Gasteiger charge is 2.18. The van der Waals surface area contributed by atoms with Crippen molar-refractivity contribution in [3.05, 3.63) is 23.8 Å². The molecule has 20 heavy (non-hydrogen) atoms. The van der Waals surface area contributed by atoms with Crippen molar-refractivity contribution in [2.24, 2.45) is 5.73 Å². The van der Waals surface area contributed by atoms with E-state index in [1.54, 1.807) is 0 Å². The predicted molar refractivity (Wildman–Crippen MR) is 74.2 cm³/mol. The molecule has 0 aliphatic carbocycles. The Bertz CT molecular complexity index is 445. The summed E-state index contributed by atoms with van der Waals surface area (Å²) in [4.78, 5) is 0. The van der Waals surface area contributed by atoms with Crippen LogP contribution >= 0.6 is 0 Å². The molecule has 0 radical (unpaired) electrons. The van der Waals surface area contributed by atoms with Gasteiger partial charge in [-0.15, -0.1) is 0 Å². The topological polar surface area (TPSA) is 62.9 Å². The molecule has 0 bridgehead atoms. The van der Waals surface area contributed by atoms with Crippen LogP contribution in [0, 0.1) is 0 Å². The van der Waals surface area contributed by atoms with Crippen LogP contribution in [0.5, 0.6) is 11.5 Å². The number of fused-ring (bicyclic) bond motifs is 1. The fourth-order valence-electron chi connectivity index (χ4n) is 2.47. The first-order valence-electron chi connectivity index (χ1n) is 7.17. The third-order valence-corrected chi connectivity index (χ3v) is 3.67. The summed E-state index contributed by atoms with van der Waals surface area (Å²) >= 11 is 0. The van der Waals surface area contributed by atoms with Gasteiger partial charge in [0.1, 0.15) is 13.2 Å². The summed E-state index contributed by atoms with van der Waals surface area (Å²) < 4.78 is 22.3. The van der Waals surface area contributed by atoms with Gasteiger partial charge in [-0.2, -0.15) is 0 Å². The number of hydrogen-bond acceptors (Lipinski definition) is 5. The van der Waals surface area contributed by atoms with E-state index in [0.29, 0.717) is 19.8 Å². The van der Waals surface area contributed by atoms with E-state index < -0.39 is 0 Å². The Morgan fingerprint density at radius 2 is 1.85 bits per heavy atom. The zero-order valence-corrected chi connectivity index (χ0v) is 11.5. The molecule has 1 aromatic carbocycles. The molecule has 1 fully saturated rings. The lowest BCUT2D eigenvalue weighted by Gasteiger charge is -2.25. The minimum atomic E-state index is -0.145. The second-order valence-electron chi connectivity index (χ2n) is 5.15. The second-order valence-corrected chi connectivity index (χ2v) is 5.15. The van der Waals surface area contributed by atoms with Crippen LogP contribution in [0.1, 0.15) is 24.4 Å². The number of rotatable bonds is 4. The summed E-state index contributed by atoms with van der Waals surface area (Å²) in [6.45, 7) is 3.27. The van der Waals surface area contributed by atoms with Gasteiger partial charge in [0.05, 0.1) is 18.8 Å². The third kappa shape index (κ3) is 3.23. The minimum absolute atomic E-state index is 0.145. The lowest BCUT2D eigenvalue weighted by atomic mass is 10.1. The van der Waals surface area contributed by atoms with Crippen LogP contribution in [0.3, 0.4) is 0 Å². The molecule has 2 N–H and O–H groups in total. The third-order valence-electron chi connectivity index (χ3n) is 3.67. The molecule has 0 amide bonds. The molecular formula is C15H21NO4. The molecular weight excluding hydrogens is 258 g/mol. The van der Waals surface area contributed by atoms with Crippen molar-refractivity contribution in [1.82, 2.24) is 0 Å². The quantitative estimate of drug-likeness (QED) is 0.908. The van der Waals surface area contributed by atoms with Gasteiger partial charge in [0.15, 0.2) is 11.5 Å². The molecule has 5 heteroatoms. The summed E-state index contributed by atoms with van der Waals surface area (Å²) in [5.74, 6) is 1.56. The Morgan fingerprint density at radius 1 is 1.10 bits per heavy atom. The van der Waals surface area contributed by atoms with Crippen LogP contribution in [0.4, 0.5) is 0 Å². The monoisotopic (exact) mass is 279 g/mol. The Balaban J connectivity index is 1.57. The summed E-state index contributed by atoms with van der Waals surface area (Å²) in [7, 11) is 0. The highest BCUT2D eigenvalue weighted by molar-refractivity contribution is 5.44. The molecule has 2 aliphatic rings. The molecule has 0 saturated carbocycles. The van der Waals surface area contributed by atoms with Crippen molar-refractivity contribution < 1.29 is 18.9 Å². The van der Waals surface area contributed by atoms with Crippen LogP contribution in [0.25, 0.3) is 0 Å². The van der Waals surface area contributed by atoms with Crippen LogP contribution in [-0.2, 0) is 9.47 Å². The summed E-state index contributed by atoms with van der Waals surface area (Å²) in [6.07, 6.45) is 2.17. The minimum Gasteiger partial charge on any atom is -0.486 e. The Hall–Kier alpha value is -1.30. The van der Waals surface area contributed by atoms with Crippen molar-refractivity contribution in [3.63, 3.8) is 0 Å². The van der Waals surface area contributed by atoms with Gasteiger partial charge in [0.25, 0.3) is 0 Å². The van der Waals surface area contributed by atoms with Gasteiger partial charge in [-0.1, -0.05) is 6.07 Å². The van der Waals surface area contributed by atoms with Gasteiger partial charge in [-0.3, -0.25) is 0 Å². The largest absolute Gasteiger partial charge is 0.486 e. The molecule has 110 valence electrons. The molecule has 1 atom stereocenters. The lowest BCUT2D eigenvalue weighted by Crippen LogP contribution is -2.27. The van der Waals surface area contributed by atoms with Gasteiger partial charge in [-0.25, -0.2) is 0 Å². The molecule has 0 spiro atoms. The lowest BCUT2D eigenvalue weighted by molar-refractivity contribution is -0.0358. The predicted octanol–water partition coefficient (Wildman–Crippen LogP) is 1.65. The van der Waals surface area contributed by atoms with Crippen LogP contribution < -0.4 is 15.2 Å². The van der Waals surface area contributed by atoms with Gasteiger partial charge in [0.2, 0.25) is 0 Å². The number of nitrogens with two attached hydrogens (primary N) is 1. The maximum atomic E-state index is 6.19. The van der Waals surface area contributed by atoms with Crippen LogP contribution in [-0.4, -0.2) is 39.1 Å². The van der Waals surface area contributed by atoms with Gasteiger partial charge in [-0.05, 0) is 30.5 Å². The SMILES string of the molecule is NC(COC1CCOCC1)c1ccc2c(c1)OCCO2. The van der Waals surface area contributed by atoms with Crippen LogP contribution in [0.2, 0.25) is 0 Å². The highest BCUT2D eigenvalue weighted by atomic mass is 16.6. The Morgan fingerprint density at radius 3 is 2.65 bits per heavy atom. The zero-order valence-electron chi connectivity index (χ0n) is 11.5. The summed E-state index contributed by atoms with van der Waals surface area (Å²) in [5, 5.41) is 0. The fraction of sp³-hybridized carbons (Fsp3) is 0.600. The fourth-order valence-corrected chi connectivity index (χ4v) is 2.47. The van der Waals surface area contributed by atoms with E-state index in [1.165, 1.54) is 0 Å². The molecule has 1 saturated heterocycles. The first-order valence-corrected chi connectivity index (χ1v) is 7.17. The smallest absolute Gasteiger partial charge is 0.161 e. The van der Waals surface area contributed by atoms with Gasteiger partial charge < -0.3 is 24.7 Å². The average molecular weight is 279 g/mol. The van der Waals surface area contributed by atoms with Crippen molar-refractivity contribution in [1.29, 1.82) is 0 Å². The number of ether oxygens (including phenoxy) is 4. The van der Waals surface area contributed by atoms with E-state index >= 15 is 0 Å². The number of hydrogen-bond donors (Lipinski definition) is 1. The van der Waals surface area contributed by atoms with Crippen molar-refractivity contribution in [3.8, 4) is 11.5 Å². The first kappa shape index (κ1) is 13.7. The normalized spacial score (nSPS) is 20.6. The number of benzene rings is 1. The van der Waals surface area contributed by atoms with E-state index in [4.69, 9.17) is 24.7 Å². The Kier molecular flexibility index (Phi) is 4.40. The molecule has 2 aliphatic heterocycles. The maximum absolute atomic E-state index is 6.19. The molecule has 0 aromatic heterocycles. The first-order chi connectivity index (χ1) is 9.83. The molecule has 2 heterocycles. The van der Waals surface area contributed by atoms with Crippen molar-refractivity contribution >= 4 is 0 Å². The second kappa shape index (κ2) is 6.43. The summed E-state index contributed by atoms with van der Waals surface area (Å²) in [5.41, 5.74) is 7.21. The average Bonchev–Trinajstić information content (AvgIpc) is 2.53. The van der Waals surface area contributed by atoms with Crippen molar-refractivity contribution in [2.45, 2.75) is 25.0 Å². The molecule has 3 rings (SSSR count). The van der Waals surface area contributed by atoms with Crippen molar-refractivity contribution in [2.75, 3.05) is 33.0 Å². The van der Waals surface area contributed by atoms with Gasteiger partial charge >= 0.3 is 0 Å². The molecule has 5 nitrogen and oxygen atoms in total. The molecule has 1 unspecified atom stereocenters. The van der Waals surface area contributed by atoms with E-state index in [0.717, 1.165) is 43.1 Å². The van der Waals surface area contributed by atoms with E-state index in [-0.39, 0.29) is 12.1 Å². The van der Waals surface area contributed by atoms with Gasteiger partial charge in [0, 0.05) is 13.2 Å². The standard InChI is InChI=1S/C15H21NO4/c16-13(10-20-12-3-5-17-6-4-12)11-1-2-14-15(9-11)19-8-7-18-14/h1-2,9,12-13H,3-8,10,16H2. The zero-order chi connectivity index (χ0) is 13.8. The van der Waals surface area contributed by atoms with E-state index in [9.17, 15) is 0 Å². The summed E-state index contributed by atoms with van der Waals surface area (Å²) in [6, 6.07) is 5.70. The Labute approximate surface area is 118 Å². The molecule has 1 aromatic rings. The highest BCUT2D eigenvalue weighted by Crippen LogP contribution is 2.32. The van der Waals surface area contributed by atoms with E-state index in [1.807, 2.05) is 18.2 Å². The van der Waals surface area contributed by atoms with E-state index in [2.05, 4.69) is 0 Å². The van der Waals surface area contributed by atoms with Crippen LogP contribution in [0.15, 0.2) is 18.2 Å².